The van der Waals surface area contributed by atoms with Crippen LogP contribution in [0.25, 0.3) is 0 Å². The third kappa shape index (κ3) is 6.32. The van der Waals surface area contributed by atoms with E-state index in [2.05, 4.69) is 17.2 Å². The number of hydrogen-bond donors (Lipinski definition) is 1. The van der Waals surface area contributed by atoms with Crippen molar-refractivity contribution in [2.75, 3.05) is 38.2 Å². The smallest absolute Gasteiger partial charge is 0.326 e. The molecule has 186 valence electrons. The third-order valence-corrected chi connectivity index (χ3v) is 7.40. The van der Waals surface area contributed by atoms with Crippen LogP contribution in [-0.4, -0.2) is 68.5 Å². The predicted octanol–water partition coefficient (Wildman–Crippen LogP) is 2.87. The van der Waals surface area contributed by atoms with Crippen LogP contribution in [-0.2, 0) is 19.6 Å². The maximum atomic E-state index is 13.4. The van der Waals surface area contributed by atoms with E-state index < -0.39 is 28.1 Å². The molecule has 10 heteroatoms. The van der Waals surface area contributed by atoms with E-state index in [1.165, 1.54) is 29.2 Å². The summed E-state index contributed by atoms with van der Waals surface area (Å²) in [5, 5.41) is 2.83. The summed E-state index contributed by atoms with van der Waals surface area (Å²) in [7, 11) is -4.04. The second-order valence-electron chi connectivity index (χ2n) is 7.76. The van der Waals surface area contributed by atoms with E-state index in [4.69, 9.17) is 9.47 Å². The lowest BCUT2D eigenvalue weighted by Gasteiger charge is -2.39. The van der Waals surface area contributed by atoms with Crippen LogP contribution in [0, 0.1) is 18.8 Å². The summed E-state index contributed by atoms with van der Waals surface area (Å²) < 4.78 is 38.5. The summed E-state index contributed by atoms with van der Waals surface area (Å²) in [4.78, 5) is 27.1. The van der Waals surface area contributed by atoms with Gasteiger partial charge in [0.1, 0.15) is 18.4 Å². The third-order valence-electron chi connectivity index (χ3n) is 5.48. The number of ether oxygens (including phenoxy) is 2. The van der Waals surface area contributed by atoms with Gasteiger partial charge in [0.2, 0.25) is 10.0 Å². The predicted molar refractivity (Wildman–Crippen MR) is 131 cm³/mol. The largest absolute Gasteiger partial charge is 0.481 e. The SMILES string of the molecule is CC#CCOc1ccc(S(=O)(=O)N2CCN(C(=O)Nc3ccccc3C)CC2C(=O)OCC)cc1. The number of anilines is 1. The number of esters is 1. The number of urea groups is 1. The number of nitrogens with one attached hydrogen (secondary N) is 1. The van der Waals surface area contributed by atoms with Gasteiger partial charge in [-0.05, 0) is 56.7 Å². The zero-order chi connectivity index (χ0) is 25.4. The topological polar surface area (TPSA) is 105 Å². The Balaban J connectivity index is 1.79. The standard InChI is InChI=1S/C25H29N3O6S/c1-4-6-17-34-20-11-13-21(14-12-20)35(31,32)28-16-15-27(18-23(28)24(29)33-5-2)25(30)26-22-10-8-7-9-19(22)3/h7-14,23H,5,15-18H2,1-3H3,(H,26,30). The Morgan fingerprint density at radius 2 is 1.83 bits per heavy atom. The first-order valence-corrected chi connectivity index (χ1v) is 12.6. The van der Waals surface area contributed by atoms with Crippen molar-refractivity contribution in [3.8, 4) is 17.6 Å². The number of aryl methyl sites for hydroxylation is 1. The summed E-state index contributed by atoms with van der Waals surface area (Å²) in [6.07, 6.45) is 0. The van der Waals surface area contributed by atoms with Crippen LogP contribution in [0.2, 0.25) is 0 Å². The molecular formula is C25H29N3O6S. The van der Waals surface area contributed by atoms with E-state index in [0.717, 1.165) is 9.87 Å². The maximum absolute atomic E-state index is 13.4. The number of para-hydroxylation sites is 1. The van der Waals surface area contributed by atoms with E-state index in [0.29, 0.717) is 11.4 Å². The molecule has 2 aromatic carbocycles. The minimum atomic E-state index is -4.04. The zero-order valence-electron chi connectivity index (χ0n) is 20.0. The van der Waals surface area contributed by atoms with E-state index >= 15 is 0 Å². The summed E-state index contributed by atoms with van der Waals surface area (Å²) in [5.41, 5.74) is 1.53. The second kappa shape index (κ2) is 11.7. The van der Waals surface area contributed by atoms with Gasteiger partial charge in [-0.25, -0.2) is 13.2 Å². The van der Waals surface area contributed by atoms with Gasteiger partial charge in [0.25, 0.3) is 0 Å². The fourth-order valence-corrected chi connectivity index (χ4v) is 5.17. The molecule has 1 aliphatic rings. The molecule has 1 fully saturated rings. The highest BCUT2D eigenvalue weighted by atomic mass is 32.2. The van der Waals surface area contributed by atoms with Crippen LogP contribution in [0.5, 0.6) is 5.75 Å². The Hall–Kier alpha value is -3.55. The lowest BCUT2D eigenvalue weighted by Crippen LogP contribution is -2.60. The van der Waals surface area contributed by atoms with Crippen molar-refractivity contribution in [3.63, 3.8) is 0 Å². The Morgan fingerprint density at radius 3 is 2.49 bits per heavy atom. The molecule has 0 saturated carbocycles. The van der Waals surface area contributed by atoms with Gasteiger partial charge in [-0.2, -0.15) is 4.31 Å². The molecule has 1 N–H and O–H groups in total. The number of carbonyl (C=O) groups excluding carboxylic acids is 2. The van der Waals surface area contributed by atoms with Crippen LogP contribution < -0.4 is 10.1 Å². The summed E-state index contributed by atoms with van der Waals surface area (Å²) >= 11 is 0. The minimum absolute atomic E-state index is 0.0125. The average Bonchev–Trinajstić information content (AvgIpc) is 2.85. The van der Waals surface area contributed by atoms with Crippen molar-refractivity contribution < 1.29 is 27.5 Å². The van der Waals surface area contributed by atoms with Gasteiger partial charge in [-0.3, -0.25) is 4.79 Å². The molecule has 35 heavy (non-hydrogen) atoms. The summed E-state index contributed by atoms with van der Waals surface area (Å²) in [5.74, 6) is 5.26. The normalized spacial score (nSPS) is 16.1. The Kier molecular flexibility index (Phi) is 8.73. The Morgan fingerprint density at radius 1 is 1.11 bits per heavy atom. The van der Waals surface area contributed by atoms with Crippen LogP contribution in [0.4, 0.5) is 10.5 Å². The fourth-order valence-electron chi connectivity index (χ4n) is 3.61. The van der Waals surface area contributed by atoms with Crippen molar-refractivity contribution in [1.29, 1.82) is 0 Å². The van der Waals surface area contributed by atoms with Gasteiger partial charge in [0, 0.05) is 25.3 Å². The lowest BCUT2D eigenvalue weighted by molar-refractivity contribution is -0.149. The molecule has 0 spiro atoms. The van der Waals surface area contributed by atoms with Gasteiger partial charge in [-0.15, -0.1) is 5.92 Å². The minimum Gasteiger partial charge on any atom is -0.481 e. The highest BCUT2D eigenvalue weighted by Crippen LogP contribution is 2.25. The number of nitrogens with zero attached hydrogens (tertiary/aromatic N) is 2. The maximum Gasteiger partial charge on any atom is 0.326 e. The van der Waals surface area contributed by atoms with Crippen molar-refractivity contribution in [2.45, 2.75) is 31.7 Å². The number of carbonyl (C=O) groups is 2. The molecule has 1 saturated heterocycles. The van der Waals surface area contributed by atoms with E-state index in [1.807, 2.05) is 25.1 Å². The van der Waals surface area contributed by atoms with Crippen molar-refractivity contribution in [2.24, 2.45) is 0 Å². The molecule has 1 atom stereocenters. The van der Waals surface area contributed by atoms with Crippen LogP contribution in [0.3, 0.4) is 0 Å². The molecule has 1 aliphatic heterocycles. The van der Waals surface area contributed by atoms with Gasteiger partial charge in [-0.1, -0.05) is 24.1 Å². The molecule has 2 aromatic rings. The number of sulfonamides is 1. The number of rotatable bonds is 7. The van der Waals surface area contributed by atoms with Crippen molar-refractivity contribution >= 4 is 27.7 Å². The summed E-state index contributed by atoms with van der Waals surface area (Å²) in [6.45, 7) is 5.42. The van der Waals surface area contributed by atoms with E-state index in [-0.39, 0.29) is 37.7 Å². The Labute approximate surface area is 206 Å². The van der Waals surface area contributed by atoms with Crippen LogP contribution in [0.1, 0.15) is 19.4 Å². The molecule has 1 heterocycles. The van der Waals surface area contributed by atoms with Crippen molar-refractivity contribution in [1.82, 2.24) is 9.21 Å². The lowest BCUT2D eigenvalue weighted by atomic mass is 10.2. The fraction of sp³-hybridized carbons (Fsp3) is 0.360. The Bertz CT molecular complexity index is 1220. The van der Waals surface area contributed by atoms with Gasteiger partial charge in [0.05, 0.1) is 11.5 Å². The highest BCUT2D eigenvalue weighted by Gasteiger charge is 2.42. The average molecular weight is 500 g/mol. The number of hydrogen-bond acceptors (Lipinski definition) is 6. The first-order valence-electron chi connectivity index (χ1n) is 11.2. The van der Waals surface area contributed by atoms with Crippen molar-refractivity contribution in [3.05, 3.63) is 54.1 Å². The molecule has 2 amide bonds. The number of amides is 2. The molecule has 0 aromatic heterocycles. The first-order chi connectivity index (χ1) is 16.8. The molecule has 0 radical (unpaired) electrons. The first kappa shape index (κ1) is 26.1. The van der Waals surface area contributed by atoms with E-state index in [9.17, 15) is 18.0 Å². The molecule has 1 unspecified atom stereocenters. The van der Waals surface area contributed by atoms with Crippen LogP contribution >= 0.6 is 0 Å². The monoisotopic (exact) mass is 499 g/mol. The van der Waals surface area contributed by atoms with Gasteiger partial charge < -0.3 is 19.7 Å². The second-order valence-corrected chi connectivity index (χ2v) is 9.65. The van der Waals surface area contributed by atoms with E-state index in [1.54, 1.807) is 19.9 Å². The molecule has 0 bridgehead atoms. The quantitative estimate of drug-likeness (QED) is 0.464. The number of piperazine rings is 1. The molecule has 9 nitrogen and oxygen atoms in total. The van der Waals surface area contributed by atoms with Crippen LogP contribution in [0.15, 0.2) is 53.4 Å². The highest BCUT2D eigenvalue weighted by molar-refractivity contribution is 7.89. The molecule has 0 aliphatic carbocycles. The summed E-state index contributed by atoms with van der Waals surface area (Å²) in [6, 6.07) is 11.6. The van der Waals surface area contributed by atoms with Gasteiger partial charge >= 0.3 is 12.0 Å². The van der Waals surface area contributed by atoms with Gasteiger partial charge in [0.15, 0.2) is 0 Å². The molecular weight excluding hydrogens is 470 g/mol. The zero-order valence-corrected chi connectivity index (χ0v) is 20.8. The molecule has 3 rings (SSSR count). The number of benzene rings is 2.